The first-order chi connectivity index (χ1) is 9.10. The summed E-state index contributed by atoms with van der Waals surface area (Å²) in [5.74, 6) is -0.963. The summed E-state index contributed by atoms with van der Waals surface area (Å²) < 4.78 is 14.7. The van der Waals surface area contributed by atoms with Gasteiger partial charge < -0.3 is 19.3 Å². The SMILES string of the molecule is COc1ccc(C(=O)OCC2C=CC(=O)O2)c(O)c1. The van der Waals surface area contributed by atoms with Crippen molar-refractivity contribution in [1.82, 2.24) is 0 Å². The van der Waals surface area contributed by atoms with E-state index in [4.69, 9.17) is 14.2 Å². The van der Waals surface area contributed by atoms with Gasteiger partial charge >= 0.3 is 11.9 Å². The number of carbonyl (C=O) groups is 2. The van der Waals surface area contributed by atoms with Gasteiger partial charge in [0.2, 0.25) is 0 Å². The maximum Gasteiger partial charge on any atom is 0.342 e. The molecule has 100 valence electrons. The largest absolute Gasteiger partial charge is 0.507 e. The maximum absolute atomic E-state index is 11.7. The van der Waals surface area contributed by atoms with Crippen LogP contribution in [0.15, 0.2) is 30.4 Å². The van der Waals surface area contributed by atoms with E-state index < -0.39 is 18.0 Å². The molecule has 1 N–H and O–H groups in total. The molecular formula is C13H12O6. The molecule has 0 saturated carbocycles. The van der Waals surface area contributed by atoms with Gasteiger partial charge in [-0.15, -0.1) is 0 Å². The third kappa shape index (κ3) is 3.04. The molecule has 1 aromatic rings. The summed E-state index contributed by atoms with van der Waals surface area (Å²) in [7, 11) is 1.45. The summed E-state index contributed by atoms with van der Waals surface area (Å²) in [6.45, 7) is -0.0907. The molecule has 1 heterocycles. The lowest BCUT2D eigenvalue weighted by molar-refractivity contribution is -0.140. The highest BCUT2D eigenvalue weighted by Crippen LogP contribution is 2.24. The fourth-order valence-corrected chi connectivity index (χ4v) is 1.55. The minimum absolute atomic E-state index is 0.0223. The first-order valence-corrected chi connectivity index (χ1v) is 5.53. The van der Waals surface area contributed by atoms with Crippen molar-refractivity contribution in [1.29, 1.82) is 0 Å². The number of methoxy groups -OCH3 is 1. The van der Waals surface area contributed by atoms with E-state index in [2.05, 4.69) is 0 Å². The minimum atomic E-state index is -0.698. The van der Waals surface area contributed by atoms with Crippen molar-refractivity contribution in [2.75, 3.05) is 13.7 Å². The van der Waals surface area contributed by atoms with Crippen LogP contribution in [0.3, 0.4) is 0 Å². The molecular weight excluding hydrogens is 252 g/mol. The molecule has 0 saturated heterocycles. The number of carbonyl (C=O) groups excluding carboxylic acids is 2. The zero-order chi connectivity index (χ0) is 13.8. The van der Waals surface area contributed by atoms with E-state index >= 15 is 0 Å². The first kappa shape index (κ1) is 12.9. The van der Waals surface area contributed by atoms with Crippen molar-refractivity contribution < 1.29 is 28.9 Å². The fourth-order valence-electron chi connectivity index (χ4n) is 1.55. The summed E-state index contributed by atoms with van der Waals surface area (Å²) in [6, 6.07) is 4.24. The molecule has 6 nitrogen and oxygen atoms in total. The van der Waals surface area contributed by atoms with E-state index in [1.165, 1.54) is 37.5 Å². The smallest absolute Gasteiger partial charge is 0.342 e. The molecule has 0 spiro atoms. The predicted octanol–water partition coefficient (Wildman–Crippen LogP) is 1.04. The van der Waals surface area contributed by atoms with Crippen LogP contribution in [0.1, 0.15) is 10.4 Å². The molecule has 1 atom stereocenters. The van der Waals surface area contributed by atoms with Crippen molar-refractivity contribution in [3.8, 4) is 11.5 Å². The van der Waals surface area contributed by atoms with Crippen molar-refractivity contribution in [3.63, 3.8) is 0 Å². The summed E-state index contributed by atoms with van der Waals surface area (Å²) in [6.07, 6.45) is 2.20. The van der Waals surface area contributed by atoms with E-state index in [0.717, 1.165) is 0 Å². The average molecular weight is 264 g/mol. The molecule has 0 bridgehead atoms. The lowest BCUT2D eigenvalue weighted by Gasteiger charge is -2.10. The molecule has 0 fully saturated rings. The van der Waals surface area contributed by atoms with Gasteiger partial charge in [0.1, 0.15) is 23.7 Å². The Hall–Kier alpha value is -2.50. The second kappa shape index (κ2) is 5.43. The number of esters is 2. The highest BCUT2D eigenvalue weighted by atomic mass is 16.6. The zero-order valence-corrected chi connectivity index (χ0v) is 10.2. The standard InChI is InChI=1S/C13H12O6/c1-17-8-2-4-10(11(14)6-8)13(16)18-7-9-3-5-12(15)19-9/h2-6,9,14H,7H2,1H3. The Bertz CT molecular complexity index is 534. The number of hydrogen-bond acceptors (Lipinski definition) is 6. The van der Waals surface area contributed by atoms with Crippen LogP contribution in [0.5, 0.6) is 11.5 Å². The lowest BCUT2D eigenvalue weighted by Crippen LogP contribution is -2.18. The molecule has 0 aromatic heterocycles. The van der Waals surface area contributed by atoms with Crippen LogP contribution in [0.2, 0.25) is 0 Å². The second-order valence-electron chi connectivity index (χ2n) is 3.82. The van der Waals surface area contributed by atoms with Crippen LogP contribution < -0.4 is 4.74 Å². The maximum atomic E-state index is 11.7. The molecule has 0 aliphatic carbocycles. The van der Waals surface area contributed by atoms with Gasteiger partial charge in [0.25, 0.3) is 0 Å². The summed E-state index contributed by atoms with van der Waals surface area (Å²) >= 11 is 0. The number of benzene rings is 1. The van der Waals surface area contributed by atoms with Crippen molar-refractivity contribution in [2.24, 2.45) is 0 Å². The third-order valence-electron chi connectivity index (χ3n) is 2.52. The fraction of sp³-hybridized carbons (Fsp3) is 0.231. The Labute approximate surface area is 109 Å². The van der Waals surface area contributed by atoms with E-state index in [9.17, 15) is 14.7 Å². The molecule has 2 rings (SSSR count). The monoisotopic (exact) mass is 264 g/mol. The molecule has 1 aromatic carbocycles. The lowest BCUT2D eigenvalue weighted by atomic mass is 10.2. The highest BCUT2D eigenvalue weighted by Gasteiger charge is 2.20. The Balaban J connectivity index is 1.96. The molecule has 1 unspecified atom stereocenters. The van der Waals surface area contributed by atoms with Crippen molar-refractivity contribution in [2.45, 2.75) is 6.10 Å². The second-order valence-corrected chi connectivity index (χ2v) is 3.82. The van der Waals surface area contributed by atoms with E-state index in [0.29, 0.717) is 5.75 Å². The normalized spacial score (nSPS) is 17.1. The third-order valence-corrected chi connectivity index (χ3v) is 2.52. The topological polar surface area (TPSA) is 82.1 Å². The van der Waals surface area contributed by atoms with Gasteiger partial charge in [-0.25, -0.2) is 9.59 Å². The summed E-state index contributed by atoms with van der Waals surface area (Å²) in [5.41, 5.74) is 0.0223. The van der Waals surface area contributed by atoms with Crippen LogP contribution in [-0.4, -0.2) is 36.9 Å². The first-order valence-electron chi connectivity index (χ1n) is 5.53. The molecule has 1 aliphatic rings. The van der Waals surface area contributed by atoms with Crippen LogP contribution in [0, 0.1) is 0 Å². The van der Waals surface area contributed by atoms with Gasteiger partial charge in [0, 0.05) is 12.1 Å². The Kier molecular flexibility index (Phi) is 3.70. The number of hydrogen-bond donors (Lipinski definition) is 1. The molecule has 6 heteroatoms. The van der Waals surface area contributed by atoms with Gasteiger partial charge in [-0.1, -0.05) is 0 Å². The number of phenolic OH excluding ortho intramolecular Hbond substituents is 1. The van der Waals surface area contributed by atoms with Crippen LogP contribution in [-0.2, 0) is 14.3 Å². The minimum Gasteiger partial charge on any atom is -0.507 e. The van der Waals surface area contributed by atoms with Crippen LogP contribution >= 0.6 is 0 Å². The van der Waals surface area contributed by atoms with Crippen molar-refractivity contribution >= 4 is 11.9 Å². The number of cyclic esters (lactones) is 1. The summed E-state index contributed by atoms with van der Waals surface area (Å²) in [4.78, 5) is 22.5. The molecule has 0 radical (unpaired) electrons. The average Bonchev–Trinajstić information content (AvgIpc) is 2.81. The number of phenols is 1. The quantitative estimate of drug-likeness (QED) is 0.818. The summed E-state index contributed by atoms with van der Waals surface area (Å²) in [5, 5.41) is 9.65. The Morgan fingerprint density at radius 3 is 2.84 bits per heavy atom. The molecule has 1 aliphatic heterocycles. The van der Waals surface area contributed by atoms with Gasteiger partial charge in [-0.2, -0.15) is 0 Å². The molecule has 0 amide bonds. The van der Waals surface area contributed by atoms with Crippen molar-refractivity contribution in [3.05, 3.63) is 35.9 Å². The number of rotatable bonds is 4. The number of ether oxygens (including phenoxy) is 3. The highest BCUT2D eigenvalue weighted by molar-refractivity contribution is 5.92. The predicted molar refractivity (Wildman–Crippen MR) is 64.0 cm³/mol. The zero-order valence-electron chi connectivity index (χ0n) is 10.2. The van der Waals surface area contributed by atoms with Crippen LogP contribution in [0.4, 0.5) is 0 Å². The Morgan fingerprint density at radius 2 is 2.26 bits per heavy atom. The van der Waals surface area contributed by atoms with Gasteiger partial charge in [-0.05, 0) is 18.2 Å². The van der Waals surface area contributed by atoms with E-state index in [-0.39, 0.29) is 17.9 Å². The van der Waals surface area contributed by atoms with E-state index in [1.807, 2.05) is 0 Å². The molecule has 19 heavy (non-hydrogen) atoms. The van der Waals surface area contributed by atoms with Crippen LogP contribution in [0.25, 0.3) is 0 Å². The number of aromatic hydroxyl groups is 1. The van der Waals surface area contributed by atoms with Gasteiger partial charge in [0.15, 0.2) is 6.10 Å². The Morgan fingerprint density at radius 1 is 1.47 bits per heavy atom. The van der Waals surface area contributed by atoms with E-state index in [1.54, 1.807) is 0 Å². The van der Waals surface area contributed by atoms with Gasteiger partial charge in [-0.3, -0.25) is 0 Å². The van der Waals surface area contributed by atoms with Gasteiger partial charge in [0.05, 0.1) is 7.11 Å².